The summed E-state index contributed by atoms with van der Waals surface area (Å²) < 4.78 is 39.7. The van der Waals surface area contributed by atoms with Gasteiger partial charge in [0.15, 0.2) is 0 Å². The molecule has 1 aliphatic heterocycles. The molecule has 13 heteroatoms. The normalized spacial score (nSPS) is 12.7. The van der Waals surface area contributed by atoms with Gasteiger partial charge in [-0.3, -0.25) is 8.80 Å². The monoisotopic (exact) mass is 704 g/mol. The Morgan fingerprint density at radius 3 is 1.58 bits per heavy atom. The first kappa shape index (κ1) is 33.2. The van der Waals surface area contributed by atoms with Gasteiger partial charge in [-0.15, -0.1) is 0 Å². The second-order valence-corrected chi connectivity index (χ2v) is 12.8. The van der Waals surface area contributed by atoms with Gasteiger partial charge in [0.05, 0.1) is 67.1 Å². The van der Waals surface area contributed by atoms with E-state index in [4.69, 9.17) is 4.74 Å². The van der Waals surface area contributed by atoms with Gasteiger partial charge >= 0.3 is 0 Å². The molecule has 0 amide bonds. The summed E-state index contributed by atoms with van der Waals surface area (Å²) in [6.07, 6.45) is 10.5. The summed E-state index contributed by atoms with van der Waals surface area (Å²) in [4.78, 5) is 17.7. The van der Waals surface area contributed by atoms with Crippen LogP contribution in [0.1, 0.15) is 37.3 Å². The standard InChI is InChI=1S/C20H14FN5O.C20H16FN5/c21-15-4-1-13(2-5-15)19-20(26(12-24-19)17-10-27-11-17)14-3-6-18-23-8-16(7-22)25(18)9-14;1-13(2)26-12-24-19(14-3-6-16(21)7-4-14)20(26)15-5-8-18-23-10-17(9-22)25(18)11-15/h1-6,8-9,12,17H,10-11H2;3-8,10-13H,1-2H3. The molecule has 0 unspecified atom stereocenters. The molecule has 9 rings (SSSR count). The maximum absolute atomic E-state index is 13.4. The molecule has 0 radical (unpaired) electrons. The number of aromatic nitrogens is 8. The number of nitrogens with zero attached hydrogens (tertiary/aromatic N) is 10. The number of imidazole rings is 4. The van der Waals surface area contributed by atoms with Crippen molar-refractivity contribution < 1.29 is 13.5 Å². The van der Waals surface area contributed by atoms with E-state index < -0.39 is 0 Å². The molecule has 11 nitrogen and oxygen atoms in total. The second-order valence-electron chi connectivity index (χ2n) is 12.8. The van der Waals surface area contributed by atoms with E-state index in [0.29, 0.717) is 35.9 Å². The topological polar surface area (TPSA) is 127 Å². The second kappa shape index (κ2) is 13.6. The summed E-state index contributed by atoms with van der Waals surface area (Å²) in [6.45, 7) is 5.41. The van der Waals surface area contributed by atoms with Gasteiger partial charge in [0.2, 0.25) is 0 Å². The number of hydrogen-bond acceptors (Lipinski definition) is 7. The lowest BCUT2D eigenvalue weighted by atomic mass is 10.0. The van der Waals surface area contributed by atoms with E-state index in [-0.39, 0.29) is 23.7 Å². The molecule has 7 heterocycles. The highest BCUT2D eigenvalue weighted by Gasteiger charge is 2.26. The maximum atomic E-state index is 13.4. The number of pyridine rings is 2. The average molecular weight is 705 g/mol. The third-order valence-electron chi connectivity index (χ3n) is 9.18. The van der Waals surface area contributed by atoms with Crippen LogP contribution in [0.25, 0.3) is 56.3 Å². The van der Waals surface area contributed by atoms with Crippen LogP contribution < -0.4 is 0 Å². The molecule has 1 saturated heterocycles. The van der Waals surface area contributed by atoms with Gasteiger partial charge in [0.1, 0.15) is 46.5 Å². The summed E-state index contributed by atoms with van der Waals surface area (Å²) in [5.41, 5.74) is 9.22. The number of nitriles is 2. The Bertz CT molecular complexity index is 2690. The molecular weight excluding hydrogens is 675 g/mol. The molecule has 8 aromatic rings. The van der Waals surface area contributed by atoms with Crippen LogP contribution in [-0.2, 0) is 4.74 Å². The van der Waals surface area contributed by atoms with E-state index in [9.17, 15) is 19.3 Å². The Morgan fingerprint density at radius 2 is 1.11 bits per heavy atom. The lowest BCUT2D eigenvalue weighted by molar-refractivity contribution is -0.0226. The van der Waals surface area contributed by atoms with Crippen molar-refractivity contribution in [2.24, 2.45) is 0 Å². The number of hydrogen-bond donors (Lipinski definition) is 0. The summed E-state index contributed by atoms with van der Waals surface area (Å²) in [5, 5.41) is 18.6. The molecule has 1 aliphatic rings. The zero-order valence-corrected chi connectivity index (χ0v) is 28.6. The molecule has 0 saturated carbocycles. The van der Waals surface area contributed by atoms with Gasteiger partial charge in [-0.2, -0.15) is 10.5 Å². The van der Waals surface area contributed by atoms with Crippen LogP contribution in [0.15, 0.2) is 110 Å². The van der Waals surface area contributed by atoms with Crippen LogP contribution in [0.5, 0.6) is 0 Å². The Balaban J connectivity index is 0.000000151. The fourth-order valence-corrected chi connectivity index (χ4v) is 6.39. The zero-order valence-electron chi connectivity index (χ0n) is 28.6. The largest absolute Gasteiger partial charge is 0.377 e. The number of benzene rings is 2. The summed E-state index contributed by atoms with van der Waals surface area (Å²) in [5.74, 6) is -0.567. The molecule has 0 atom stereocenters. The molecule has 0 aliphatic carbocycles. The molecule has 1 fully saturated rings. The van der Waals surface area contributed by atoms with Crippen molar-refractivity contribution in [2.75, 3.05) is 13.2 Å². The first-order valence-electron chi connectivity index (χ1n) is 16.8. The Morgan fingerprint density at radius 1 is 0.642 bits per heavy atom. The molecular formula is C40H30F2N10O. The van der Waals surface area contributed by atoms with Crippen LogP contribution in [0.4, 0.5) is 8.78 Å². The van der Waals surface area contributed by atoms with Gasteiger partial charge in [0, 0.05) is 40.7 Å². The third-order valence-corrected chi connectivity index (χ3v) is 9.18. The van der Waals surface area contributed by atoms with E-state index in [2.05, 4.69) is 55.1 Å². The quantitative estimate of drug-likeness (QED) is 0.172. The molecule has 53 heavy (non-hydrogen) atoms. The lowest BCUT2D eigenvalue weighted by Gasteiger charge is -2.29. The minimum Gasteiger partial charge on any atom is -0.377 e. The summed E-state index contributed by atoms with van der Waals surface area (Å²) in [6, 6.07) is 25.0. The third kappa shape index (κ3) is 6.09. The summed E-state index contributed by atoms with van der Waals surface area (Å²) in [7, 11) is 0. The number of halogens is 2. The molecule has 6 aromatic heterocycles. The lowest BCUT2D eigenvalue weighted by Crippen LogP contribution is -2.30. The Labute approximate surface area is 302 Å². The molecule has 2 aromatic carbocycles. The first-order valence-corrected chi connectivity index (χ1v) is 16.8. The molecule has 0 N–H and O–H groups in total. The maximum Gasteiger partial charge on any atom is 0.144 e. The fourth-order valence-electron chi connectivity index (χ4n) is 6.39. The average Bonchev–Trinajstić information content (AvgIpc) is 3.96. The molecule has 0 bridgehead atoms. The van der Waals surface area contributed by atoms with Crippen molar-refractivity contribution in [3.8, 4) is 57.2 Å². The Hall–Kier alpha value is -6.96. The van der Waals surface area contributed by atoms with E-state index in [1.807, 2.05) is 36.7 Å². The van der Waals surface area contributed by atoms with Gasteiger partial charge in [-0.05, 0) is 86.6 Å². The molecule has 260 valence electrons. The van der Waals surface area contributed by atoms with Crippen molar-refractivity contribution in [2.45, 2.75) is 25.9 Å². The van der Waals surface area contributed by atoms with E-state index >= 15 is 0 Å². The van der Waals surface area contributed by atoms with Crippen LogP contribution in [0.2, 0.25) is 0 Å². The smallest absolute Gasteiger partial charge is 0.144 e. The summed E-state index contributed by atoms with van der Waals surface area (Å²) >= 11 is 0. The van der Waals surface area contributed by atoms with Crippen molar-refractivity contribution >= 4 is 11.3 Å². The van der Waals surface area contributed by atoms with Gasteiger partial charge in [-0.25, -0.2) is 28.7 Å². The highest BCUT2D eigenvalue weighted by atomic mass is 19.1. The van der Waals surface area contributed by atoms with Gasteiger partial charge in [0.25, 0.3) is 0 Å². The predicted octanol–water partition coefficient (Wildman–Crippen LogP) is 7.90. The first-order chi connectivity index (χ1) is 25.8. The molecule has 0 spiro atoms. The highest BCUT2D eigenvalue weighted by molar-refractivity contribution is 5.80. The van der Waals surface area contributed by atoms with Crippen LogP contribution in [0, 0.1) is 34.3 Å². The van der Waals surface area contributed by atoms with Gasteiger partial charge in [-0.1, -0.05) is 0 Å². The van der Waals surface area contributed by atoms with Crippen molar-refractivity contribution in [1.29, 1.82) is 10.5 Å². The van der Waals surface area contributed by atoms with Crippen molar-refractivity contribution in [1.82, 2.24) is 37.9 Å². The van der Waals surface area contributed by atoms with Crippen molar-refractivity contribution in [3.63, 3.8) is 0 Å². The van der Waals surface area contributed by atoms with Crippen LogP contribution in [-0.4, -0.2) is 51.1 Å². The highest BCUT2D eigenvalue weighted by Crippen LogP contribution is 2.36. The predicted molar refractivity (Wildman–Crippen MR) is 193 cm³/mol. The van der Waals surface area contributed by atoms with E-state index in [1.54, 1.807) is 58.1 Å². The minimum absolute atomic E-state index is 0.195. The van der Waals surface area contributed by atoms with E-state index in [1.165, 1.54) is 24.3 Å². The Kier molecular flexibility index (Phi) is 8.54. The van der Waals surface area contributed by atoms with E-state index in [0.717, 1.165) is 45.0 Å². The zero-order chi connectivity index (χ0) is 36.6. The number of ether oxygens (including phenoxy) is 1. The SMILES string of the molecule is CC(C)n1cnc(-c2ccc(F)cc2)c1-c1ccc2ncc(C#N)n2c1.N#Cc1cnc2ccc(-c3c(-c4ccc(F)cc4)ncn3C3COC3)cn12. The van der Waals surface area contributed by atoms with Crippen LogP contribution in [0.3, 0.4) is 0 Å². The number of fused-ring (bicyclic) bond motifs is 2. The van der Waals surface area contributed by atoms with Crippen LogP contribution >= 0.6 is 0 Å². The minimum atomic E-state index is -0.286. The fraction of sp³-hybridized carbons (Fsp3) is 0.150. The van der Waals surface area contributed by atoms with Crippen molar-refractivity contribution in [3.05, 3.63) is 133 Å². The van der Waals surface area contributed by atoms with Gasteiger partial charge < -0.3 is 13.9 Å². The number of rotatable bonds is 6.